The third-order valence-corrected chi connectivity index (χ3v) is 2.69. The Morgan fingerprint density at radius 3 is 2.89 bits per heavy atom. The number of hydrogen-bond acceptors (Lipinski definition) is 5. The number of unbranched alkanes of at least 4 members (excludes halogenated alkanes) is 1. The zero-order valence-electron chi connectivity index (χ0n) is 10.3. The molecule has 0 bridgehead atoms. The second kappa shape index (κ2) is 6.89. The molecule has 2 N–H and O–H groups in total. The molecule has 7 nitrogen and oxygen atoms in total. The van der Waals surface area contributed by atoms with E-state index in [-0.39, 0.29) is 16.5 Å². The van der Waals surface area contributed by atoms with Crippen LogP contribution in [-0.4, -0.2) is 27.0 Å². The number of pyridine rings is 1. The highest BCUT2D eigenvalue weighted by Gasteiger charge is 2.23. The lowest BCUT2D eigenvalue weighted by Crippen LogP contribution is -2.29. The molecule has 1 atom stereocenters. The fourth-order valence-electron chi connectivity index (χ4n) is 1.51. The van der Waals surface area contributed by atoms with E-state index < -0.39 is 16.9 Å². The molecule has 0 aliphatic heterocycles. The van der Waals surface area contributed by atoms with Gasteiger partial charge in [-0.1, -0.05) is 31.4 Å². The summed E-state index contributed by atoms with van der Waals surface area (Å²) in [6, 6.07) is 0.225. The van der Waals surface area contributed by atoms with Crippen molar-refractivity contribution in [3.05, 3.63) is 27.4 Å². The van der Waals surface area contributed by atoms with Gasteiger partial charge in [0.15, 0.2) is 0 Å². The van der Waals surface area contributed by atoms with Crippen LogP contribution in [0.3, 0.4) is 0 Å². The quantitative estimate of drug-likeness (QED) is 0.590. The van der Waals surface area contributed by atoms with Gasteiger partial charge in [-0.25, -0.2) is 9.78 Å². The summed E-state index contributed by atoms with van der Waals surface area (Å²) in [7, 11) is 0. The Bertz CT molecular complexity index is 481. The highest BCUT2D eigenvalue weighted by Crippen LogP contribution is 2.26. The van der Waals surface area contributed by atoms with Crippen molar-refractivity contribution in [3.8, 4) is 0 Å². The zero-order chi connectivity index (χ0) is 14.4. The molecule has 1 rings (SSSR count). The van der Waals surface area contributed by atoms with Crippen LogP contribution in [-0.2, 0) is 4.79 Å². The molecular formula is C11H14ClN3O4. The first-order chi connectivity index (χ1) is 8.95. The number of halogens is 1. The predicted octanol–water partition coefficient (Wildman–Crippen LogP) is 2.70. The smallest absolute Gasteiger partial charge is 0.326 e. The number of aromatic nitrogens is 1. The number of hydrogen-bond donors (Lipinski definition) is 2. The van der Waals surface area contributed by atoms with Crippen LogP contribution in [0.15, 0.2) is 12.3 Å². The maximum absolute atomic E-state index is 11.1. The molecule has 0 saturated heterocycles. The van der Waals surface area contributed by atoms with Crippen LogP contribution in [0.1, 0.15) is 26.2 Å². The van der Waals surface area contributed by atoms with Crippen molar-refractivity contribution in [2.75, 3.05) is 5.32 Å². The molecule has 0 amide bonds. The number of nitrogens with one attached hydrogen (secondary N) is 1. The molecule has 8 heteroatoms. The van der Waals surface area contributed by atoms with Crippen molar-refractivity contribution in [2.24, 2.45) is 0 Å². The molecule has 0 spiro atoms. The van der Waals surface area contributed by atoms with Gasteiger partial charge in [0.25, 0.3) is 0 Å². The minimum atomic E-state index is -1.07. The van der Waals surface area contributed by atoms with E-state index in [1.165, 1.54) is 6.20 Å². The van der Waals surface area contributed by atoms with Crippen LogP contribution in [0.4, 0.5) is 11.5 Å². The molecule has 0 radical (unpaired) electrons. The highest BCUT2D eigenvalue weighted by molar-refractivity contribution is 6.30. The molecule has 19 heavy (non-hydrogen) atoms. The van der Waals surface area contributed by atoms with E-state index in [0.29, 0.717) is 12.8 Å². The summed E-state index contributed by atoms with van der Waals surface area (Å²) >= 11 is 5.63. The zero-order valence-corrected chi connectivity index (χ0v) is 11.1. The lowest BCUT2D eigenvalue weighted by atomic mass is 10.1. The van der Waals surface area contributed by atoms with Gasteiger partial charge in [0.2, 0.25) is 5.82 Å². The number of nitrogens with zero attached hydrogens (tertiary/aromatic N) is 2. The Balaban J connectivity index is 2.95. The number of carbonyl (C=O) groups is 1. The first kappa shape index (κ1) is 15.2. The Morgan fingerprint density at radius 2 is 2.37 bits per heavy atom. The summed E-state index contributed by atoms with van der Waals surface area (Å²) in [5.41, 5.74) is -0.338. The van der Waals surface area contributed by atoms with Gasteiger partial charge >= 0.3 is 11.7 Å². The van der Waals surface area contributed by atoms with Gasteiger partial charge in [-0.05, 0) is 6.42 Å². The number of nitro groups is 1. The first-order valence-corrected chi connectivity index (χ1v) is 6.12. The molecule has 0 saturated carbocycles. The van der Waals surface area contributed by atoms with Crippen molar-refractivity contribution in [1.82, 2.24) is 4.98 Å². The Kier molecular flexibility index (Phi) is 5.50. The average Bonchev–Trinajstić information content (AvgIpc) is 2.35. The van der Waals surface area contributed by atoms with Gasteiger partial charge in [-0.15, -0.1) is 0 Å². The van der Waals surface area contributed by atoms with Crippen LogP contribution >= 0.6 is 11.6 Å². The monoisotopic (exact) mass is 287 g/mol. The van der Waals surface area contributed by atoms with Gasteiger partial charge in [-0.2, -0.15) is 0 Å². The maximum Gasteiger partial charge on any atom is 0.326 e. The van der Waals surface area contributed by atoms with Crippen LogP contribution in [0.25, 0.3) is 0 Å². The van der Waals surface area contributed by atoms with Crippen LogP contribution in [0, 0.1) is 10.1 Å². The van der Waals surface area contributed by atoms with Gasteiger partial charge in [0.05, 0.1) is 9.95 Å². The Labute approximate surface area is 114 Å². The van der Waals surface area contributed by atoms with E-state index in [1.54, 1.807) is 0 Å². The van der Waals surface area contributed by atoms with Crippen molar-refractivity contribution < 1.29 is 14.8 Å². The second-order valence-electron chi connectivity index (χ2n) is 3.96. The average molecular weight is 288 g/mol. The fraction of sp³-hybridized carbons (Fsp3) is 0.455. The molecule has 104 valence electrons. The Hall–Kier alpha value is -1.89. The second-order valence-corrected chi connectivity index (χ2v) is 4.39. The summed E-state index contributed by atoms with van der Waals surface area (Å²) in [4.78, 5) is 25.1. The van der Waals surface area contributed by atoms with Crippen LogP contribution in [0.5, 0.6) is 0 Å². The minimum absolute atomic E-state index is 0.0853. The standard InChI is InChI=1S/C11H14ClN3O4/c1-2-3-4-8(11(16)17)14-10-9(15(18)19)5-7(12)6-13-10/h5-6,8H,2-4H2,1H3,(H,13,14)(H,16,17). The van der Waals surface area contributed by atoms with Crippen molar-refractivity contribution >= 4 is 29.1 Å². The van der Waals surface area contributed by atoms with Crippen molar-refractivity contribution in [3.63, 3.8) is 0 Å². The predicted molar refractivity (Wildman–Crippen MR) is 70.5 cm³/mol. The SMILES string of the molecule is CCCCC(Nc1ncc(Cl)cc1[N+](=O)[O-])C(=O)O. The summed E-state index contributed by atoms with van der Waals surface area (Å²) in [5.74, 6) is -1.16. The number of carboxylic acids is 1. The topological polar surface area (TPSA) is 105 Å². The lowest BCUT2D eigenvalue weighted by Gasteiger charge is -2.14. The highest BCUT2D eigenvalue weighted by atomic mass is 35.5. The summed E-state index contributed by atoms with van der Waals surface area (Å²) in [6.07, 6.45) is 3.13. The molecule has 1 aromatic heterocycles. The number of aliphatic carboxylic acids is 1. The largest absolute Gasteiger partial charge is 0.480 e. The van der Waals surface area contributed by atoms with Crippen LogP contribution < -0.4 is 5.32 Å². The van der Waals surface area contributed by atoms with Crippen LogP contribution in [0.2, 0.25) is 5.02 Å². The van der Waals surface area contributed by atoms with E-state index in [4.69, 9.17) is 16.7 Å². The Morgan fingerprint density at radius 1 is 1.68 bits per heavy atom. The molecule has 0 aliphatic carbocycles. The van der Waals surface area contributed by atoms with Gasteiger partial charge in [0, 0.05) is 12.3 Å². The third kappa shape index (κ3) is 4.36. The van der Waals surface area contributed by atoms with Crippen molar-refractivity contribution in [2.45, 2.75) is 32.2 Å². The van der Waals surface area contributed by atoms with Gasteiger partial charge < -0.3 is 10.4 Å². The number of anilines is 1. The normalized spacial score (nSPS) is 11.9. The van der Waals surface area contributed by atoms with E-state index in [9.17, 15) is 14.9 Å². The first-order valence-electron chi connectivity index (χ1n) is 5.75. The molecular weight excluding hydrogens is 274 g/mol. The van der Waals surface area contributed by atoms with Crippen molar-refractivity contribution in [1.29, 1.82) is 0 Å². The number of carboxylic acid groups (broad SMARTS) is 1. The van der Waals surface area contributed by atoms with E-state index in [0.717, 1.165) is 12.5 Å². The summed E-state index contributed by atoms with van der Waals surface area (Å²) in [6.45, 7) is 1.93. The minimum Gasteiger partial charge on any atom is -0.480 e. The molecule has 0 fully saturated rings. The lowest BCUT2D eigenvalue weighted by molar-refractivity contribution is -0.384. The molecule has 0 aliphatic rings. The number of rotatable bonds is 7. The van der Waals surface area contributed by atoms with E-state index in [2.05, 4.69) is 10.3 Å². The molecule has 1 heterocycles. The molecule has 1 aromatic rings. The third-order valence-electron chi connectivity index (χ3n) is 2.49. The van der Waals surface area contributed by atoms with Gasteiger partial charge in [0.1, 0.15) is 6.04 Å². The fourth-order valence-corrected chi connectivity index (χ4v) is 1.66. The summed E-state index contributed by atoms with van der Waals surface area (Å²) < 4.78 is 0. The maximum atomic E-state index is 11.1. The van der Waals surface area contributed by atoms with E-state index in [1.807, 2.05) is 6.92 Å². The van der Waals surface area contributed by atoms with E-state index >= 15 is 0 Å². The molecule has 1 unspecified atom stereocenters. The molecule has 0 aromatic carbocycles. The summed E-state index contributed by atoms with van der Waals surface area (Å²) in [5, 5.41) is 22.6. The van der Waals surface area contributed by atoms with Gasteiger partial charge in [-0.3, -0.25) is 10.1 Å².